The third-order valence-electron chi connectivity index (χ3n) is 5.34. The van der Waals surface area contributed by atoms with Gasteiger partial charge in [0.25, 0.3) is 5.69 Å². The van der Waals surface area contributed by atoms with E-state index >= 15 is 0 Å². The molecule has 0 radical (unpaired) electrons. The Labute approximate surface area is 202 Å². The van der Waals surface area contributed by atoms with Gasteiger partial charge in [0.15, 0.2) is 5.78 Å². The molecule has 1 unspecified atom stereocenters. The van der Waals surface area contributed by atoms with Gasteiger partial charge in [-0.2, -0.15) is 11.8 Å². The van der Waals surface area contributed by atoms with Crippen molar-refractivity contribution in [2.24, 2.45) is 5.73 Å². The van der Waals surface area contributed by atoms with Gasteiger partial charge in [-0.25, -0.2) is 4.79 Å². The molecule has 178 valence electrons. The zero-order valence-electron chi connectivity index (χ0n) is 19.1. The number of nitro groups is 1. The highest BCUT2D eigenvalue weighted by Crippen LogP contribution is 2.41. The van der Waals surface area contributed by atoms with Crippen LogP contribution in [0.15, 0.2) is 77.1 Å². The number of non-ortho nitro benzene ring substituents is 1. The number of hydrogen-bond acceptors (Lipinski definition) is 8. The maximum absolute atomic E-state index is 13.7. The fraction of sp³-hybridized carbons (Fsp3) is 0.280. The number of nitro benzene ring substituents is 1. The number of nitrogens with one attached hydrogen (secondary N) is 1. The molecule has 3 rings (SSSR count). The van der Waals surface area contributed by atoms with Gasteiger partial charge in [-0.1, -0.05) is 42.5 Å². The fourth-order valence-corrected chi connectivity index (χ4v) is 4.66. The molecule has 1 heterocycles. The molecule has 1 aliphatic heterocycles. The van der Waals surface area contributed by atoms with Crippen LogP contribution in [0, 0.1) is 10.1 Å². The van der Waals surface area contributed by atoms with Gasteiger partial charge in [-0.05, 0) is 19.4 Å². The van der Waals surface area contributed by atoms with Gasteiger partial charge >= 0.3 is 5.97 Å². The molecule has 0 saturated carbocycles. The minimum absolute atomic E-state index is 0.123. The molecule has 9 heteroatoms. The molecule has 0 aromatic heterocycles. The predicted octanol–water partition coefficient (Wildman–Crippen LogP) is 3.95. The molecule has 0 spiro atoms. The Bertz CT molecular complexity index is 1140. The van der Waals surface area contributed by atoms with Crippen molar-refractivity contribution in [3.63, 3.8) is 0 Å². The second-order valence-corrected chi connectivity index (χ2v) is 8.70. The van der Waals surface area contributed by atoms with Crippen molar-refractivity contribution >= 4 is 29.2 Å². The molecule has 8 nitrogen and oxygen atoms in total. The number of nitrogens with zero attached hydrogens (tertiary/aromatic N) is 1. The molecule has 0 fully saturated rings. The summed E-state index contributed by atoms with van der Waals surface area (Å²) in [6, 6.07) is 14.8. The van der Waals surface area contributed by atoms with E-state index in [2.05, 4.69) is 5.32 Å². The van der Waals surface area contributed by atoms with E-state index in [0.717, 1.165) is 0 Å². The second kappa shape index (κ2) is 11.6. The lowest BCUT2D eigenvalue weighted by atomic mass is 9.77. The lowest BCUT2D eigenvalue weighted by molar-refractivity contribution is -0.384. The summed E-state index contributed by atoms with van der Waals surface area (Å²) >= 11 is 1.54. The number of allylic oxidation sites excluding steroid dienone is 2. The molecule has 2 aromatic carbocycles. The zero-order valence-corrected chi connectivity index (χ0v) is 19.9. The van der Waals surface area contributed by atoms with Crippen LogP contribution in [0.2, 0.25) is 0 Å². The molecule has 0 bridgehead atoms. The third-order valence-corrected chi connectivity index (χ3v) is 6.36. The Morgan fingerprint density at radius 2 is 1.88 bits per heavy atom. The first kappa shape index (κ1) is 25.2. The summed E-state index contributed by atoms with van der Waals surface area (Å²) < 4.78 is 5.38. The highest BCUT2D eigenvalue weighted by Gasteiger charge is 2.38. The minimum Gasteiger partial charge on any atom is -0.463 e. The van der Waals surface area contributed by atoms with Crippen LogP contribution in [0.3, 0.4) is 0 Å². The molecule has 3 N–H and O–H groups in total. The summed E-state index contributed by atoms with van der Waals surface area (Å²) in [7, 11) is 0. The first-order chi connectivity index (χ1) is 16.4. The van der Waals surface area contributed by atoms with Crippen LogP contribution in [-0.2, 0) is 9.53 Å². The number of carbonyl (C=O) groups is 2. The molecule has 1 aliphatic rings. The van der Waals surface area contributed by atoms with E-state index in [9.17, 15) is 19.7 Å². The fourth-order valence-electron chi connectivity index (χ4n) is 3.92. The molecule has 0 saturated heterocycles. The average molecular weight is 482 g/mol. The van der Waals surface area contributed by atoms with Crippen molar-refractivity contribution in [1.29, 1.82) is 0 Å². The molecule has 0 aliphatic carbocycles. The SMILES string of the molecule is CCOC(=O)C1=C(CSCCN)NC(C)=C(C(=O)c2ccccc2)C1c1cccc([N+](=O)[O-])c1. The number of nitrogens with two attached hydrogens (primary N) is 1. The van der Waals surface area contributed by atoms with E-state index in [1.54, 1.807) is 62.0 Å². The molecule has 2 aromatic rings. The standard InChI is InChI=1S/C25H27N3O5S/c1-3-33-25(30)23-20(15-34-13-12-26)27-16(2)21(24(29)17-8-5-4-6-9-17)22(23)18-10-7-11-19(14-18)28(31)32/h4-11,14,22,27H,3,12-13,15,26H2,1-2H3. The maximum atomic E-state index is 13.7. The maximum Gasteiger partial charge on any atom is 0.336 e. The van der Waals surface area contributed by atoms with Crippen LogP contribution >= 0.6 is 11.8 Å². The Morgan fingerprint density at radius 1 is 1.15 bits per heavy atom. The quantitative estimate of drug-likeness (QED) is 0.172. The van der Waals surface area contributed by atoms with Crippen LogP contribution in [0.25, 0.3) is 0 Å². The van der Waals surface area contributed by atoms with E-state index in [1.165, 1.54) is 12.1 Å². The van der Waals surface area contributed by atoms with E-state index < -0.39 is 16.8 Å². The van der Waals surface area contributed by atoms with Crippen molar-refractivity contribution in [3.8, 4) is 0 Å². The van der Waals surface area contributed by atoms with Crippen LogP contribution < -0.4 is 11.1 Å². The molecule has 34 heavy (non-hydrogen) atoms. The molecular weight excluding hydrogens is 454 g/mol. The Hall–Kier alpha value is -3.43. The van der Waals surface area contributed by atoms with Crippen LogP contribution in [-0.4, -0.2) is 41.3 Å². The van der Waals surface area contributed by atoms with Crippen molar-refractivity contribution in [3.05, 3.63) is 98.4 Å². The number of hydrogen-bond donors (Lipinski definition) is 2. The number of Topliss-reactive ketones (excluding diaryl/α,β-unsaturated/α-hetero) is 1. The van der Waals surface area contributed by atoms with Crippen molar-refractivity contribution < 1.29 is 19.2 Å². The summed E-state index contributed by atoms with van der Waals surface area (Å²) in [5.41, 5.74) is 8.26. The molecule has 0 amide bonds. The van der Waals surface area contributed by atoms with Gasteiger partial charge in [-0.15, -0.1) is 0 Å². The van der Waals surface area contributed by atoms with Gasteiger partial charge in [0, 0.05) is 58.6 Å². The number of thioether (sulfide) groups is 1. The Kier molecular flexibility index (Phi) is 8.61. The van der Waals surface area contributed by atoms with Gasteiger partial charge in [0.2, 0.25) is 0 Å². The van der Waals surface area contributed by atoms with Crippen molar-refractivity contribution in [1.82, 2.24) is 5.32 Å². The predicted molar refractivity (Wildman–Crippen MR) is 132 cm³/mol. The van der Waals surface area contributed by atoms with Gasteiger partial charge < -0.3 is 15.8 Å². The monoisotopic (exact) mass is 481 g/mol. The van der Waals surface area contributed by atoms with Crippen molar-refractivity contribution in [2.45, 2.75) is 19.8 Å². The highest BCUT2D eigenvalue weighted by molar-refractivity contribution is 7.99. The minimum atomic E-state index is -0.832. The van der Waals surface area contributed by atoms with E-state index in [1.807, 2.05) is 6.07 Å². The Balaban J connectivity index is 2.23. The molecule has 1 atom stereocenters. The average Bonchev–Trinajstić information content (AvgIpc) is 2.84. The zero-order chi connectivity index (χ0) is 24.7. The Morgan fingerprint density at radius 3 is 2.53 bits per heavy atom. The van der Waals surface area contributed by atoms with Crippen molar-refractivity contribution in [2.75, 3.05) is 24.7 Å². The van der Waals surface area contributed by atoms with E-state index in [-0.39, 0.29) is 23.7 Å². The number of ether oxygens (including phenoxy) is 1. The lowest BCUT2D eigenvalue weighted by Crippen LogP contribution is -2.33. The van der Waals surface area contributed by atoms with Crippen LogP contribution in [0.4, 0.5) is 5.69 Å². The van der Waals surface area contributed by atoms with Gasteiger partial charge in [0.1, 0.15) is 0 Å². The lowest BCUT2D eigenvalue weighted by Gasteiger charge is -2.32. The van der Waals surface area contributed by atoms with Crippen LogP contribution in [0.5, 0.6) is 0 Å². The third kappa shape index (κ3) is 5.55. The largest absolute Gasteiger partial charge is 0.463 e. The number of dihydropyridines is 1. The first-order valence-electron chi connectivity index (χ1n) is 10.9. The smallest absolute Gasteiger partial charge is 0.336 e. The van der Waals surface area contributed by atoms with Gasteiger partial charge in [0.05, 0.1) is 17.1 Å². The summed E-state index contributed by atoms with van der Waals surface area (Å²) in [5, 5.41) is 14.7. The normalized spacial score (nSPS) is 15.7. The number of ketones is 1. The molecular formula is C25H27N3O5S. The summed E-state index contributed by atoms with van der Waals surface area (Å²) in [6.45, 7) is 4.11. The number of esters is 1. The number of carbonyl (C=O) groups excluding carboxylic acids is 2. The van der Waals surface area contributed by atoms with Gasteiger partial charge in [-0.3, -0.25) is 14.9 Å². The number of rotatable bonds is 10. The van der Waals surface area contributed by atoms with E-state index in [4.69, 9.17) is 10.5 Å². The summed E-state index contributed by atoms with van der Waals surface area (Å²) in [6.07, 6.45) is 0. The number of benzene rings is 2. The summed E-state index contributed by atoms with van der Waals surface area (Å²) in [5.74, 6) is -0.540. The van der Waals surface area contributed by atoms with E-state index in [0.29, 0.717) is 46.1 Å². The first-order valence-corrected chi connectivity index (χ1v) is 12.0. The second-order valence-electron chi connectivity index (χ2n) is 7.60. The summed E-state index contributed by atoms with van der Waals surface area (Å²) in [4.78, 5) is 37.9. The topological polar surface area (TPSA) is 125 Å². The highest BCUT2D eigenvalue weighted by atomic mass is 32.2. The van der Waals surface area contributed by atoms with Crippen LogP contribution in [0.1, 0.15) is 35.7 Å².